The Morgan fingerprint density at radius 2 is 2.00 bits per heavy atom. The Morgan fingerprint density at radius 1 is 1.27 bits per heavy atom. The van der Waals surface area contributed by atoms with Crippen LogP contribution in [0.5, 0.6) is 0 Å². The van der Waals surface area contributed by atoms with Crippen molar-refractivity contribution in [3.05, 3.63) is 46.3 Å². The maximum absolute atomic E-state index is 13.4. The second kappa shape index (κ2) is 8.77. The maximum atomic E-state index is 13.4. The van der Waals surface area contributed by atoms with Crippen molar-refractivity contribution in [2.75, 3.05) is 5.32 Å². The van der Waals surface area contributed by atoms with Crippen LogP contribution in [-0.2, 0) is 17.8 Å². The van der Waals surface area contributed by atoms with Gasteiger partial charge >= 0.3 is 0 Å². The first-order valence-corrected chi connectivity index (χ1v) is 10.2. The molecule has 0 spiro atoms. The average Bonchev–Trinajstić information content (AvgIpc) is 3.01. The van der Waals surface area contributed by atoms with Crippen LogP contribution in [0.15, 0.2) is 12.3 Å². The van der Waals surface area contributed by atoms with Crippen LogP contribution in [-0.4, -0.2) is 33.2 Å². The van der Waals surface area contributed by atoms with Gasteiger partial charge < -0.3 is 15.2 Å². The van der Waals surface area contributed by atoms with Gasteiger partial charge in [-0.3, -0.25) is 14.4 Å². The predicted molar refractivity (Wildman–Crippen MR) is 111 cm³/mol. The van der Waals surface area contributed by atoms with Crippen molar-refractivity contribution in [2.45, 2.75) is 66.0 Å². The molecule has 1 aliphatic rings. The van der Waals surface area contributed by atoms with Crippen LogP contribution in [0, 0.1) is 19.8 Å². The monoisotopic (exact) mass is 414 g/mol. The molecule has 7 nitrogen and oxygen atoms in total. The second-order valence-electron chi connectivity index (χ2n) is 7.80. The number of aromatic nitrogens is 2. The number of hydrogen-bond donors (Lipinski definition) is 2. The van der Waals surface area contributed by atoms with E-state index >= 15 is 0 Å². The van der Waals surface area contributed by atoms with Crippen molar-refractivity contribution < 1.29 is 18.8 Å². The first-order valence-electron chi connectivity index (χ1n) is 10.2. The number of pyridine rings is 1. The molecular formula is C22H27FN4O3. The van der Waals surface area contributed by atoms with Crippen LogP contribution in [0.2, 0.25) is 0 Å². The summed E-state index contributed by atoms with van der Waals surface area (Å²) in [4.78, 5) is 42.1. The van der Waals surface area contributed by atoms with E-state index in [9.17, 15) is 18.8 Å². The van der Waals surface area contributed by atoms with Gasteiger partial charge in [-0.25, -0.2) is 4.98 Å². The van der Waals surface area contributed by atoms with E-state index in [1.54, 1.807) is 18.4 Å². The number of hydrogen-bond acceptors (Lipinski definition) is 4. The Morgan fingerprint density at radius 3 is 2.67 bits per heavy atom. The smallest absolute Gasteiger partial charge is 0.294 e. The maximum Gasteiger partial charge on any atom is 0.294 e. The highest BCUT2D eigenvalue weighted by molar-refractivity contribution is 6.43. The quantitative estimate of drug-likeness (QED) is 0.431. The highest BCUT2D eigenvalue weighted by Crippen LogP contribution is 2.29. The fourth-order valence-corrected chi connectivity index (χ4v) is 3.79. The van der Waals surface area contributed by atoms with Gasteiger partial charge in [0.15, 0.2) is 0 Å². The summed E-state index contributed by atoms with van der Waals surface area (Å²) in [5.41, 5.74) is 2.60. The summed E-state index contributed by atoms with van der Waals surface area (Å²) in [7, 11) is 0. The highest BCUT2D eigenvalue weighted by atomic mass is 19.1. The van der Waals surface area contributed by atoms with E-state index in [1.165, 1.54) is 12.3 Å². The lowest BCUT2D eigenvalue weighted by Gasteiger charge is -2.19. The molecule has 1 aliphatic heterocycles. The number of amides is 2. The molecule has 0 aromatic carbocycles. The summed E-state index contributed by atoms with van der Waals surface area (Å²) < 4.78 is 15.2. The van der Waals surface area contributed by atoms with Crippen molar-refractivity contribution in [3.63, 3.8) is 0 Å². The normalized spacial score (nSPS) is 14.0. The summed E-state index contributed by atoms with van der Waals surface area (Å²) in [6.07, 6.45) is 4.38. The Hall–Kier alpha value is -3.03. The molecule has 0 fully saturated rings. The number of aryl methyl sites for hydroxylation is 1. The van der Waals surface area contributed by atoms with Gasteiger partial charge in [-0.15, -0.1) is 0 Å². The Bertz CT molecular complexity index is 1010. The molecule has 8 heteroatoms. The summed E-state index contributed by atoms with van der Waals surface area (Å²) >= 11 is 0. The fourth-order valence-electron chi connectivity index (χ4n) is 3.79. The number of nitrogens with one attached hydrogen (secondary N) is 2. The van der Waals surface area contributed by atoms with Gasteiger partial charge in [0.25, 0.3) is 17.6 Å². The minimum atomic E-state index is -0.663. The van der Waals surface area contributed by atoms with E-state index in [2.05, 4.69) is 15.6 Å². The zero-order chi connectivity index (χ0) is 22.0. The number of anilines is 1. The largest absolute Gasteiger partial charge is 0.347 e. The van der Waals surface area contributed by atoms with Crippen molar-refractivity contribution in [3.8, 4) is 0 Å². The molecule has 2 aromatic heterocycles. The zero-order valence-corrected chi connectivity index (χ0v) is 17.8. The van der Waals surface area contributed by atoms with Gasteiger partial charge in [0.1, 0.15) is 0 Å². The summed E-state index contributed by atoms with van der Waals surface area (Å²) in [5.74, 6) is -2.28. The zero-order valence-electron chi connectivity index (χ0n) is 17.8. The van der Waals surface area contributed by atoms with Crippen LogP contribution < -0.4 is 10.6 Å². The van der Waals surface area contributed by atoms with Gasteiger partial charge in [0.05, 0.1) is 23.1 Å². The van der Waals surface area contributed by atoms with Gasteiger partial charge in [0.2, 0.25) is 5.95 Å². The molecule has 160 valence electrons. The van der Waals surface area contributed by atoms with E-state index in [4.69, 9.17) is 0 Å². The molecule has 2 amide bonds. The Kier molecular flexibility index (Phi) is 6.34. The molecule has 0 saturated carbocycles. The van der Waals surface area contributed by atoms with Crippen LogP contribution in [0.4, 0.5) is 10.1 Å². The number of rotatable bonds is 6. The van der Waals surface area contributed by atoms with Crippen LogP contribution in [0.25, 0.3) is 0 Å². The molecule has 30 heavy (non-hydrogen) atoms. The highest BCUT2D eigenvalue weighted by Gasteiger charge is 2.32. The lowest BCUT2D eigenvalue weighted by Crippen LogP contribution is -2.38. The first-order chi connectivity index (χ1) is 14.2. The van der Waals surface area contributed by atoms with E-state index in [0.29, 0.717) is 41.8 Å². The summed E-state index contributed by atoms with van der Waals surface area (Å²) in [5, 5.41) is 5.45. The molecule has 0 bridgehead atoms. The molecule has 0 radical (unpaired) electrons. The minimum Gasteiger partial charge on any atom is -0.347 e. The molecule has 2 aromatic rings. The number of halogens is 1. The first kappa shape index (κ1) is 21.7. The lowest BCUT2D eigenvalue weighted by atomic mass is 10.0. The van der Waals surface area contributed by atoms with E-state index < -0.39 is 23.5 Å². The van der Waals surface area contributed by atoms with Gasteiger partial charge in [0, 0.05) is 23.8 Å². The van der Waals surface area contributed by atoms with E-state index in [0.717, 1.165) is 18.5 Å². The Labute approximate surface area is 175 Å². The molecule has 2 N–H and O–H groups in total. The average molecular weight is 414 g/mol. The third-order valence-corrected chi connectivity index (χ3v) is 5.57. The number of ketones is 1. The minimum absolute atomic E-state index is 0.116. The SMILES string of the molecule is CC[C@H](C)NC(=O)C(=O)c1c(C)c(C(=O)Nc2cnc(F)c(C)c2)c2n1CCCC2. The molecule has 1 atom stereocenters. The second-order valence-corrected chi connectivity index (χ2v) is 7.80. The molecule has 0 unspecified atom stereocenters. The number of carbonyl (C=O) groups is 3. The summed E-state index contributed by atoms with van der Waals surface area (Å²) in [6.45, 7) is 7.60. The van der Waals surface area contributed by atoms with Crippen molar-refractivity contribution in [2.24, 2.45) is 0 Å². The van der Waals surface area contributed by atoms with Crippen molar-refractivity contribution >= 4 is 23.3 Å². The lowest BCUT2D eigenvalue weighted by molar-refractivity contribution is -0.117. The molecular weight excluding hydrogens is 387 g/mol. The van der Waals surface area contributed by atoms with Crippen LogP contribution >= 0.6 is 0 Å². The molecule has 3 rings (SSSR count). The molecule has 3 heterocycles. The van der Waals surface area contributed by atoms with Crippen molar-refractivity contribution in [1.82, 2.24) is 14.9 Å². The summed E-state index contributed by atoms with van der Waals surface area (Å²) in [6, 6.07) is 1.39. The predicted octanol–water partition coefficient (Wildman–Crippen LogP) is 3.33. The van der Waals surface area contributed by atoms with Gasteiger partial charge in [-0.2, -0.15) is 4.39 Å². The van der Waals surface area contributed by atoms with Gasteiger partial charge in [-0.05, 0) is 58.1 Å². The topological polar surface area (TPSA) is 93.1 Å². The number of nitrogens with zero attached hydrogens (tertiary/aromatic N) is 2. The van der Waals surface area contributed by atoms with Crippen LogP contribution in [0.3, 0.4) is 0 Å². The van der Waals surface area contributed by atoms with E-state index in [-0.39, 0.29) is 11.7 Å². The third kappa shape index (κ3) is 4.13. The van der Waals surface area contributed by atoms with Crippen molar-refractivity contribution in [1.29, 1.82) is 0 Å². The fraction of sp³-hybridized carbons (Fsp3) is 0.455. The van der Waals surface area contributed by atoms with Gasteiger partial charge in [-0.1, -0.05) is 6.92 Å². The Balaban J connectivity index is 1.97. The van der Waals surface area contributed by atoms with Crippen LogP contribution in [0.1, 0.15) is 70.8 Å². The number of Topliss-reactive ketones (excluding diaryl/α,β-unsaturated/α-hetero) is 1. The molecule has 0 aliphatic carbocycles. The van der Waals surface area contributed by atoms with E-state index in [1.807, 2.05) is 13.8 Å². The number of carbonyl (C=O) groups excluding carboxylic acids is 3. The standard InChI is InChI=1S/C22H27FN4O3/c1-5-13(3)25-22(30)19(28)18-14(4)17(16-8-6-7-9-27(16)18)21(29)26-15-10-12(2)20(23)24-11-15/h10-11,13H,5-9H2,1-4H3,(H,25,30)(H,26,29)/t13-/m0/s1. The molecule has 0 saturated heterocycles. The third-order valence-electron chi connectivity index (χ3n) is 5.57. The number of fused-ring (bicyclic) bond motifs is 1.